The first-order valence-corrected chi connectivity index (χ1v) is 5.20. The van der Waals surface area contributed by atoms with E-state index in [1.165, 1.54) is 25.3 Å². The van der Waals surface area contributed by atoms with Crippen LogP contribution in [-0.2, 0) is 11.1 Å². The third-order valence-corrected chi connectivity index (χ3v) is 0.966. The van der Waals surface area contributed by atoms with Crippen LogP contribution in [0.1, 0.15) is 19.8 Å². The van der Waals surface area contributed by atoms with Gasteiger partial charge in [-0.2, -0.15) is 0 Å². The number of rotatable bonds is 2. The summed E-state index contributed by atoms with van der Waals surface area (Å²) in [5, 5.41) is 0. The second-order valence-corrected chi connectivity index (χ2v) is 2.99. The predicted octanol–water partition coefficient (Wildman–Crippen LogP) is 1.50. The Balaban J connectivity index is 0. The normalized spacial score (nSPS) is 11.6. The van der Waals surface area contributed by atoms with E-state index < -0.39 is 11.1 Å². The van der Waals surface area contributed by atoms with Gasteiger partial charge in [-0.1, -0.05) is 19.8 Å². The molecule has 0 amide bonds. The van der Waals surface area contributed by atoms with Gasteiger partial charge in [-0.3, -0.25) is 0 Å². The number of hydrogen-bond donors (Lipinski definition) is 1. The van der Waals surface area contributed by atoms with Gasteiger partial charge < -0.3 is 4.55 Å². The van der Waals surface area contributed by atoms with Gasteiger partial charge in [0.05, 0.1) is 0 Å². The molecule has 9 heavy (non-hydrogen) atoms. The Kier molecular flexibility index (Phi) is 15.4. The summed E-state index contributed by atoms with van der Waals surface area (Å²) in [7, 11) is 2.70. The Morgan fingerprint density at radius 1 is 1.67 bits per heavy atom. The number of hydrogen-bond acceptors (Lipinski definition) is 1. The highest BCUT2D eigenvalue weighted by Crippen LogP contribution is 1.89. The molecule has 0 aliphatic rings. The molecule has 0 aliphatic heterocycles. The Labute approximate surface area is 61.9 Å². The molecule has 0 saturated carbocycles. The predicted molar refractivity (Wildman–Crippen MR) is 46.2 cm³/mol. The molecule has 0 fully saturated rings. The van der Waals surface area contributed by atoms with E-state index >= 15 is 0 Å². The molecule has 0 aliphatic carbocycles. The van der Waals surface area contributed by atoms with Crippen LogP contribution in [0.15, 0.2) is 0 Å². The van der Waals surface area contributed by atoms with Crippen LogP contribution < -0.4 is 0 Å². The van der Waals surface area contributed by atoms with Crippen molar-refractivity contribution in [3.05, 3.63) is 0 Å². The van der Waals surface area contributed by atoms with Gasteiger partial charge in [0.1, 0.15) is 11.1 Å². The van der Waals surface area contributed by atoms with E-state index in [0.29, 0.717) is 0 Å². The average Bonchev–Trinajstić information content (AvgIpc) is 1.66. The summed E-state index contributed by atoms with van der Waals surface area (Å²) in [6, 6.07) is 0. The van der Waals surface area contributed by atoms with Crippen molar-refractivity contribution in [1.82, 2.24) is 0 Å². The van der Waals surface area contributed by atoms with Gasteiger partial charge in [-0.05, 0) is 6.16 Å². The van der Waals surface area contributed by atoms with Crippen LogP contribution in [0.25, 0.3) is 0 Å². The average molecular weight is 170 g/mol. The van der Waals surface area contributed by atoms with Gasteiger partial charge in [-0.25, -0.2) is 4.21 Å². The largest absolute Gasteiger partial charge is 0.306 e. The Morgan fingerprint density at radius 3 is 2.00 bits per heavy atom. The van der Waals surface area contributed by atoms with Crippen molar-refractivity contribution in [1.29, 1.82) is 0 Å². The number of unbranched alkanes of at least 4 members (excludes halogenated alkanes) is 1. The van der Waals surface area contributed by atoms with E-state index in [4.69, 9.17) is 8.76 Å². The van der Waals surface area contributed by atoms with Crippen molar-refractivity contribution in [2.75, 3.05) is 12.4 Å². The summed E-state index contributed by atoms with van der Waals surface area (Å²) in [6.45, 7) is 2.20. The Hall–Kier alpha value is 0.540. The van der Waals surface area contributed by atoms with Crippen molar-refractivity contribution in [3.63, 3.8) is 0 Å². The fraction of sp³-hybridized carbons (Fsp3) is 1.00. The molecule has 58 valence electrons. The third-order valence-electron chi connectivity index (χ3n) is 0.558. The minimum absolute atomic E-state index is 1.19. The second kappa shape index (κ2) is 11.4. The van der Waals surface area contributed by atoms with Crippen molar-refractivity contribution < 1.29 is 8.76 Å². The van der Waals surface area contributed by atoms with Crippen molar-refractivity contribution in [2.45, 2.75) is 19.8 Å². The lowest BCUT2D eigenvalue weighted by Crippen LogP contribution is -1.72. The van der Waals surface area contributed by atoms with Gasteiger partial charge in [0.25, 0.3) is 0 Å². The van der Waals surface area contributed by atoms with E-state index in [0.717, 1.165) is 0 Å². The summed E-state index contributed by atoms with van der Waals surface area (Å²) in [6.07, 6.45) is 5.13. The van der Waals surface area contributed by atoms with Gasteiger partial charge in [-0.15, -0.1) is 9.24 Å². The van der Waals surface area contributed by atoms with Crippen LogP contribution in [0.4, 0.5) is 0 Å². The van der Waals surface area contributed by atoms with Crippen molar-refractivity contribution in [3.8, 4) is 0 Å². The summed E-state index contributed by atoms with van der Waals surface area (Å²) in [5.74, 6) is 0. The maximum absolute atomic E-state index is 9.11. The van der Waals surface area contributed by atoms with Crippen LogP contribution in [0.5, 0.6) is 0 Å². The maximum atomic E-state index is 9.11. The molecule has 0 radical (unpaired) electrons. The smallest absolute Gasteiger partial charge is 0.149 e. The monoisotopic (exact) mass is 170 g/mol. The molecular formula is C5H15O2PS. The Bertz CT molecular complexity index is 62.0. The minimum Gasteiger partial charge on any atom is -0.306 e. The second-order valence-electron chi connectivity index (χ2n) is 1.57. The van der Waals surface area contributed by atoms with E-state index in [1.807, 2.05) is 0 Å². The molecule has 2 nitrogen and oxygen atoms in total. The van der Waals surface area contributed by atoms with E-state index in [1.54, 1.807) is 0 Å². The standard InChI is InChI=1S/C4H11P.CH4O2S/c1-2-3-4-5;1-4(2)3/h2-5H2,1H3;1H3,(H,2,3). The molecule has 0 aromatic carbocycles. The highest BCUT2D eigenvalue weighted by molar-refractivity contribution is 7.78. The molecule has 4 heteroatoms. The molecule has 0 heterocycles. The summed E-state index contributed by atoms with van der Waals surface area (Å²) in [5.41, 5.74) is 0. The summed E-state index contributed by atoms with van der Waals surface area (Å²) >= 11 is -1.61. The molecule has 0 saturated heterocycles. The topological polar surface area (TPSA) is 37.3 Å². The van der Waals surface area contributed by atoms with E-state index in [9.17, 15) is 0 Å². The minimum atomic E-state index is -1.61. The molecule has 2 unspecified atom stereocenters. The first-order valence-electron chi connectivity index (χ1n) is 2.87. The van der Waals surface area contributed by atoms with E-state index in [-0.39, 0.29) is 0 Å². The molecule has 0 aromatic heterocycles. The van der Waals surface area contributed by atoms with Crippen LogP contribution in [0.2, 0.25) is 0 Å². The zero-order valence-corrected chi connectivity index (χ0v) is 7.93. The van der Waals surface area contributed by atoms with Gasteiger partial charge >= 0.3 is 0 Å². The summed E-state index contributed by atoms with van der Waals surface area (Å²) < 4.78 is 16.6. The summed E-state index contributed by atoms with van der Waals surface area (Å²) in [4.78, 5) is 0. The van der Waals surface area contributed by atoms with Crippen LogP contribution in [0.3, 0.4) is 0 Å². The zero-order chi connectivity index (χ0) is 7.70. The van der Waals surface area contributed by atoms with Gasteiger partial charge in [0.2, 0.25) is 0 Å². The molecule has 0 bridgehead atoms. The fourth-order valence-electron chi connectivity index (χ4n) is 0.204. The first kappa shape index (κ1) is 12.2. The van der Waals surface area contributed by atoms with Gasteiger partial charge in [0.15, 0.2) is 0 Å². The Morgan fingerprint density at radius 2 is 2.00 bits per heavy atom. The van der Waals surface area contributed by atoms with Crippen LogP contribution >= 0.6 is 9.24 Å². The highest BCUT2D eigenvalue weighted by atomic mass is 32.2. The molecule has 0 aromatic rings. The third kappa shape index (κ3) is 56.6. The quantitative estimate of drug-likeness (QED) is 0.503. The zero-order valence-electron chi connectivity index (χ0n) is 5.96. The van der Waals surface area contributed by atoms with Gasteiger partial charge in [0, 0.05) is 6.26 Å². The van der Waals surface area contributed by atoms with E-state index in [2.05, 4.69) is 16.2 Å². The van der Waals surface area contributed by atoms with Crippen LogP contribution in [-0.4, -0.2) is 21.2 Å². The van der Waals surface area contributed by atoms with Crippen molar-refractivity contribution >= 4 is 20.3 Å². The molecular weight excluding hydrogens is 155 g/mol. The molecule has 0 rings (SSSR count). The molecule has 1 N–H and O–H groups in total. The van der Waals surface area contributed by atoms with Crippen LogP contribution in [0, 0.1) is 0 Å². The fourth-order valence-corrected chi connectivity index (χ4v) is 0.612. The lowest BCUT2D eigenvalue weighted by atomic mass is 10.4. The SMILES string of the molecule is CCCCP.CS(=O)O. The molecule has 0 spiro atoms. The molecule has 2 atom stereocenters. The lowest BCUT2D eigenvalue weighted by molar-refractivity contribution is 0.571. The highest BCUT2D eigenvalue weighted by Gasteiger charge is 1.68. The first-order chi connectivity index (χ1) is 4.15. The maximum Gasteiger partial charge on any atom is 0.149 e. The lowest BCUT2D eigenvalue weighted by Gasteiger charge is -1.79. The van der Waals surface area contributed by atoms with Crippen molar-refractivity contribution in [2.24, 2.45) is 0 Å².